The van der Waals surface area contributed by atoms with Crippen LogP contribution < -0.4 is 14.2 Å². The van der Waals surface area contributed by atoms with Gasteiger partial charge < -0.3 is 14.2 Å². The van der Waals surface area contributed by atoms with Gasteiger partial charge in [0.15, 0.2) is 0 Å². The molecule has 2 rings (SSSR count). The van der Waals surface area contributed by atoms with Gasteiger partial charge in [-0.2, -0.15) is 0 Å². The van der Waals surface area contributed by atoms with Gasteiger partial charge in [-0.05, 0) is 30.7 Å². The molecule has 0 fully saturated rings. The molecule has 20 heavy (non-hydrogen) atoms. The summed E-state index contributed by atoms with van der Waals surface area (Å²) in [6, 6.07) is 15.6. The maximum atomic E-state index is 5.80. The molecule has 0 saturated carbocycles. The van der Waals surface area contributed by atoms with Crippen molar-refractivity contribution in [2.45, 2.75) is 13.3 Å². The summed E-state index contributed by atoms with van der Waals surface area (Å²) in [4.78, 5) is 0. The summed E-state index contributed by atoms with van der Waals surface area (Å²) in [7, 11) is 3.30. The fourth-order valence-corrected chi connectivity index (χ4v) is 1.99. The second-order valence-corrected chi connectivity index (χ2v) is 4.47. The van der Waals surface area contributed by atoms with Crippen LogP contribution in [0.15, 0.2) is 48.5 Å². The number of methoxy groups -OCH3 is 2. The Kier molecular flexibility index (Phi) is 4.88. The molecule has 0 amide bonds. The highest BCUT2D eigenvalue weighted by Gasteiger charge is 2.12. The highest BCUT2D eigenvalue weighted by molar-refractivity contribution is 5.41. The number of hydrogen-bond donors (Lipinski definition) is 0. The molecule has 0 aliphatic carbocycles. The van der Waals surface area contributed by atoms with E-state index in [9.17, 15) is 0 Å². The first-order valence-corrected chi connectivity index (χ1v) is 6.49. The summed E-state index contributed by atoms with van der Waals surface area (Å²) in [6.45, 7) is 1.97. The van der Waals surface area contributed by atoms with Crippen molar-refractivity contribution >= 4 is 0 Å². The molecular formula is C17H19O3. The maximum Gasteiger partial charge on any atom is 0.150 e. The van der Waals surface area contributed by atoms with Crippen LogP contribution in [0.1, 0.15) is 12.5 Å². The molecule has 105 valence electrons. The van der Waals surface area contributed by atoms with Gasteiger partial charge >= 0.3 is 0 Å². The van der Waals surface area contributed by atoms with Gasteiger partial charge in [0.2, 0.25) is 0 Å². The summed E-state index contributed by atoms with van der Waals surface area (Å²) in [5, 5.41) is 0. The molecule has 3 nitrogen and oxygen atoms in total. The van der Waals surface area contributed by atoms with E-state index in [1.54, 1.807) is 14.2 Å². The third kappa shape index (κ3) is 3.67. The van der Waals surface area contributed by atoms with Crippen molar-refractivity contribution in [3.05, 3.63) is 60.2 Å². The van der Waals surface area contributed by atoms with E-state index >= 15 is 0 Å². The zero-order chi connectivity index (χ0) is 14.4. The van der Waals surface area contributed by atoms with Gasteiger partial charge in [-0.3, -0.25) is 0 Å². The monoisotopic (exact) mass is 271 g/mol. The minimum Gasteiger partial charge on any atom is -0.497 e. The van der Waals surface area contributed by atoms with Gasteiger partial charge in [-0.15, -0.1) is 0 Å². The Bertz CT molecular complexity index is 537. The summed E-state index contributed by atoms with van der Waals surface area (Å²) in [5.74, 6) is 2.44. The lowest BCUT2D eigenvalue weighted by atomic mass is 10.1. The molecule has 0 bridgehead atoms. The highest BCUT2D eigenvalue weighted by Crippen LogP contribution is 2.28. The number of para-hydroxylation sites is 1. The van der Waals surface area contributed by atoms with Crippen molar-refractivity contribution in [2.75, 3.05) is 14.2 Å². The first-order valence-electron chi connectivity index (χ1n) is 6.49. The predicted molar refractivity (Wildman–Crippen MR) is 79.2 cm³/mol. The molecule has 0 aliphatic heterocycles. The second kappa shape index (κ2) is 6.85. The van der Waals surface area contributed by atoms with E-state index in [4.69, 9.17) is 14.2 Å². The van der Waals surface area contributed by atoms with Crippen LogP contribution in [0.25, 0.3) is 0 Å². The van der Waals surface area contributed by atoms with Crippen LogP contribution in [-0.4, -0.2) is 14.2 Å². The molecule has 1 radical (unpaired) electrons. The Morgan fingerprint density at radius 2 is 1.65 bits per heavy atom. The Morgan fingerprint density at radius 3 is 2.30 bits per heavy atom. The summed E-state index contributed by atoms with van der Waals surface area (Å²) in [6.07, 6.45) is 1.61. The summed E-state index contributed by atoms with van der Waals surface area (Å²) < 4.78 is 16.4. The van der Waals surface area contributed by atoms with Crippen LogP contribution in [0.3, 0.4) is 0 Å². The largest absolute Gasteiger partial charge is 0.497 e. The van der Waals surface area contributed by atoms with Crippen LogP contribution >= 0.6 is 0 Å². The van der Waals surface area contributed by atoms with E-state index in [2.05, 4.69) is 0 Å². The van der Waals surface area contributed by atoms with Gasteiger partial charge in [0.05, 0.1) is 14.2 Å². The maximum absolute atomic E-state index is 5.80. The van der Waals surface area contributed by atoms with Crippen molar-refractivity contribution in [3.8, 4) is 17.2 Å². The number of rotatable bonds is 6. The molecule has 0 spiro atoms. The molecular weight excluding hydrogens is 252 g/mol. The van der Waals surface area contributed by atoms with Crippen molar-refractivity contribution in [1.29, 1.82) is 0 Å². The molecule has 0 unspecified atom stereocenters. The minimum atomic E-state index is 0.696. The summed E-state index contributed by atoms with van der Waals surface area (Å²) >= 11 is 0. The third-order valence-corrected chi connectivity index (χ3v) is 2.97. The van der Waals surface area contributed by atoms with E-state index in [0.717, 1.165) is 28.9 Å². The molecule has 0 heterocycles. The predicted octanol–water partition coefficient (Wildman–Crippen LogP) is 3.88. The number of ether oxygens (including phenoxy) is 3. The fourth-order valence-electron chi connectivity index (χ4n) is 1.99. The first kappa shape index (κ1) is 14.3. The van der Waals surface area contributed by atoms with Gasteiger partial charge in [-0.1, -0.05) is 24.3 Å². The van der Waals surface area contributed by atoms with Crippen LogP contribution in [0.5, 0.6) is 17.2 Å². The number of benzene rings is 2. The highest BCUT2D eigenvalue weighted by atomic mass is 16.5. The molecule has 0 aromatic heterocycles. The normalized spacial score (nSPS) is 10.4. The lowest BCUT2D eigenvalue weighted by Gasteiger charge is -2.16. The van der Waals surface area contributed by atoms with Crippen LogP contribution in [0.4, 0.5) is 0 Å². The summed E-state index contributed by atoms with van der Waals surface area (Å²) in [5.41, 5.74) is 1.07. The van der Waals surface area contributed by atoms with E-state index in [-0.39, 0.29) is 0 Å². The van der Waals surface area contributed by atoms with Gasteiger partial charge in [0.25, 0.3) is 0 Å². The topological polar surface area (TPSA) is 27.7 Å². The average Bonchev–Trinajstić information content (AvgIpc) is 2.48. The third-order valence-electron chi connectivity index (χ3n) is 2.97. The van der Waals surface area contributed by atoms with Gasteiger partial charge in [0, 0.05) is 12.5 Å². The van der Waals surface area contributed by atoms with E-state index in [1.807, 2.05) is 55.5 Å². The molecule has 0 N–H and O–H groups in total. The zero-order valence-electron chi connectivity index (χ0n) is 12.1. The van der Waals surface area contributed by atoms with Crippen LogP contribution in [0, 0.1) is 6.10 Å². The Labute approximate surface area is 120 Å². The van der Waals surface area contributed by atoms with Gasteiger partial charge in [0.1, 0.15) is 23.4 Å². The SMILES string of the molecule is COc1ccc(C[C](C)Oc2ccccc2)c(OC)c1. The van der Waals surface area contributed by atoms with Crippen molar-refractivity contribution < 1.29 is 14.2 Å². The Morgan fingerprint density at radius 1 is 0.900 bits per heavy atom. The van der Waals surface area contributed by atoms with Crippen molar-refractivity contribution in [3.63, 3.8) is 0 Å². The molecule has 0 saturated heterocycles. The Balaban J connectivity index is 2.05. The van der Waals surface area contributed by atoms with Crippen LogP contribution in [0.2, 0.25) is 0 Å². The smallest absolute Gasteiger partial charge is 0.150 e. The van der Waals surface area contributed by atoms with E-state index in [0.29, 0.717) is 6.42 Å². The molecule has 0 atom stereocenters. The first-order chi connectivity index (χ1) is 9.72. The lowest BCUT2D eigenvalue weighted by molar-refractivity contribution is 0.323. The molecule has 0 aliphatic rings. The van der Waals surface area contributed by atoms with E-state index in [1.165, 1.54) is 0 Å². The molecule has 3 heteroatoms. The second-order valence-electron chi connectivity index (χ2n) is 4.47. The fraction of sp³-hybridized carbons (Fsp3) is 0.235. The molecule has 2 aromatic carbocycles. The average molecular weight is 271 g/mol. The molecule has 2 aromatic rings. The van der Waals surface area contributed by atoms with Gasteiger partial charge in [-0.25, -0.2) is 0 Å². The lowest BCUT2D eigenvalue weighted by Crippen LogP contribution is -2.07. The number of hydrogen-bond acceptors (Lipinski definition) is 3. The quantitative estimate of drug-likeness (QED) is 0.798. The standard InChI is InChI=1S/C17H19O3/c1-13(20-15-7-5-4-6-8-15)11-14-9-10-16(18-2)12-17(14)19-3/h4-10,12H,11H2,1-3H3. The van der Waals surface area contributed by atoms with Crippen LogP contribution in [-0.2, 0) is 6.42 Å². The van der Waals surface area contributed by atoms with Crippen molar-refractivity contribution in [2.24, 2.45) is 0 Å². The van der Waals surface area contributed by atoms with E-state index < -0.39 is 0 Å². The minimum absolute atomic E-state index is 0.696. The zero-order valence-corrected chi connectivity index (χ0v) is 12.1. The Hall–Kier alpha value is -2.16. The van der Waals surface area contributed by atoms with Crippen molar-refractivity contribution in [1.82, 2.24) is 0 Å².